The third-order valence-electron chi connectivity index (χ3n) is 2.06. The van der Waals surface area contributed by atoms with Gasteiger partial charge in [0, 0.05) is 17.5 Å². The predicted octanol–water partition coefficient (Wildman–Crippen LogP) is 2.32. The Morgan fingerprint density at radius 3 is 2.67 bits per heavy atom. The molecule has 0 bridgehead atoms. The Bertz CT molecular complexity index is 509. The summed E-state index contributed by atoms with van der Waals surface area (Å²) >= 11 is 0. The van der Waals surface area contributed by atoms with Crippen LogP contribution in [0.5, 0.6) is 0 Å². The monoisotopic (exact) mass is 195 g/mol. The van der Waals surface area contributed by atoms with Crippen LogP contribution in [-0.2, 0) is 0 Å². The second-order valence-corrected chi connectivity index (χ2v) is 3.21. The highest BCUT2D eigenvalue weighted by Crippen LogP contribution is 2.15. The molecule has 0 saturated carbocycles. The van der Waals surface area contributed by atoms with E-state index in [0.29, 0.717) is 5.69 Å². The van der Waals surface area contributed by atoms with Crippen LogP contribution in [-0.4, -0.2) is 9.97 Å². The first-order valence-electron chi connectivity index (χ1n) is 4.60. The second-order valence-electron chi connectivity index (χ2n) is 3.21. The molecule has 72 valence electrons. The molecular weight excluding hydrogens is 186 g/mol. The van der Waals surface area contributed by atoms with E-state index in [4.69, 9.17) is 5.26 Å². The standard InChI is InChI=1S/C12H9N3/c1-9-3-2-4-12(15-9)10-5-6-11(7-13)14-8-10/h2-6,8H,1H3. The summed E-state index contributed by atoms with van der Waals surface area (Å²) in [4.78, 5) is 8.38. The molecule has 0 radical (unpaired) electrons. The first-order chi connectivity index (χ1) is 7.29. The predicted molar refractivity (Wildman–Crippen MR) is 56.9 cm³/mol. The summed E-state index contributed by atoms with van der Waals surface area (Å²) in [6, 6.07) is 11.4. The summed E-state index contributed by atoms with van der Waals surface area (Å²) < 4.78 is 0. The number of nitrogens with zero attached hydrogens (tertiary/aromatic N) is 3. The second kappa shape index (κ2) is 3.89. The number of rotatable bonds is 1. The molecule has 0 spiro atoms. The third kappa shape index (κ3) is 2.00. The first kappa shape index (κ1) is 9.35. The molecule has 0 fully saturated rings. The highest BCUT2D eigenvalue weighted by Gasteiger charge is 1.99. The van der Waals surface area contributed by atoms with Crippen LogP contribution in [0.3, 0.4) is 0 Å². The zero-order valence-corrected chi connectivity index (χ0v) is 8.31. The van der Waals surface area contributed by atoms with Gasteiger partial charge in [0.25, 0.3) is 0 Å². The van der Waals surface area contributed by atoms with Crippen molar-refractivity contribution < 1.29 is 0 Å². The van der Waals surface area contributed by atoms with Crippen molar-refractivity contribution in [1.29, 1.82) is 5.26 Å². The lowest BCUT2D eigenvalue weighted by Gasteiger charge is -2.00. The molecule has 2 aromatic heterocycles. The highest BCUT2D eigenvalue weighted by atomic mass is 14.7. The highest BCUT2D eigenvalue weighted by molar-refractivity contribution is 5.58. The fourth-order valence-corrected chi connectivity index (χ4v) is 1.32. The van der Waals surface area contributed by atoms with Crippen molar-refractivity contribution in [3.63, 3.8) is 0 Å². The van der Waals surface area contributed by atoms with Gasteiger partial charge in [-0.2, -0.15) is 5.26 Å². The number of pyridine rings is 2. The molecule has 0 aromatic carbocycles. The number of nitriles is 1. The van der Waals surface area contributed by atoms with Gasteiger partial charge in [0.05, 0.1) is 5.69 Å². The number of aryl methyl sites for hydroxylation is 1. The molecule has 2 aromatic rings. The molecule has 0 amide bonds. The molecule has 15 heavy (non-hydrogen) atoms. The molecule has 0 aliphatic rings. The minimum absolute atomic E-state index is 0.423. The SMILES string of the molecule is Cc1cccc(-c2ccc(C#N)nc2)n1. The fraction of sp³-hybridized carbons (Fsp3) is 0.0833. The van der Waals surface area contributed by atoms with Crippen molar-refractivity contribution in [3.05, 3.63) is 47.9 Å². The van der Waals surface area contributed by atoms with Gasteiger partial charge in [0.1, 0.15) is 11.8 Å². The van der Waals surface area contributed by atoms with E-state index in [1.165, 1.54) is 0 Å². The number of hydrogen-bond acceptors (Lipinski definition) is 3. The lowest BCUT2D eigenvalue weighted by atomic mass is 10.2. The third-order valence-corrected chi connectivity index (χ3v) is 2.06. The van der Waals surface area contributed by atoms with Gasteiger partial charge in [-0.1, -0.05) is 6.07 Å². The lowest BCUT2D eigenvalue weighted by Crippen LogP contribution is -1.88. The van der Waals surface area contributed by atoms with E-state index in [-0.39, 0.29) is 0 Å². The van der Waals surface area contributed by atoms with E-state index in [2.05, 4.69) is 9.97 Å². The van der Waals surface area contributed by atoms with E-state index >= 15 is 0 Å². The van der Waals surface area contributed by atoms with Gasteiger partial charge in [0.15, 0.2) is 0 Å². The maximum Gasteiger partial charge on any atom is 0.140 e. The van der Waals surface area contributed by atoms with E-state index in [1.807, 2.05) is 37.3 Å². The molecule has 2 heterocycles. The fourth-order valence-electron chi connectivity index (χ4n) is 1.32. The first-order valence-corrected chi connectivity index (χ1v) is 4.60. The van der Waals surface area contributed by atoms with Crippen LogP contribution < -0.4 is 0 Å². The quantitative estimate of drug-likeness (QED) is 0.701. The van der Waals surface area contributed by atoms with Crippen LogP contribution in [0.25, 0.3) is 11.3 Å². The molecule has 0 N–H and O–H groups in total. The van der Waals surface area contributed by atoms with Gasteiger partial charge in [0.2, 0.25) is 0 Å². The Morgan fingerprint density at radius 1 is 1.20 bits per heavy atom. The topological polar surface area (TPSA) is 49.6 Å². The molecular formula is C12H9N3. The van der Waals surface area contributed by atoms with Crippen LogP contribution in [0.2, 0.25) is 0 Å². The van der Waals surface area contributed by atoms with Gasteiger partial charge in [-0.3, -0.25) is 4.98 Å². The van der Waals surface area contributed by atoms with E-state index in [1.54, 1.807) is 12.3 Å². The summed E-state index contributed by atoms with van der Waals surface area (Å²) in [6.45, 7) is 1.95. The van der Waals surface area contributed by atoms with Gasteiger partial charge in [-0.05, 0) is 31.2 Å². The zero-order chi connectivity index (χ0) is 10.7. The largest absolute Gasteiger partial charge is 0.253 e. The molecule has 3 heteroatoms. The summed E-state index contributed by atoms with van der Waals surface area (Å²) in [6.07, 6.45) is 1.67. The molecule has 0 aliphatic carbocycles. The molecule has 0 atom stereocenters. The molecule has 0 unspecified atom stereocenters. The Labute approximate surface area is 88.1 Å². The van der Waals surface area contributed by atoms with Gasteiger partial charge in [-0.25, -0.2) is 4.98 Å². The Hall–Kier alpha value is -2.21. The lowest BCUT2D eigenvalue weighted by molar-refractivity contribution is 1.19. The smallest absolute Gasteiger partial charge is 0.140 e. The Kier molecular flexibility index (Phi) is 2.42. The van der Waals surface area contributed by atoms with Crippen LogP contribution in [0, 0.1) is 18.3 Å². The van der Waals surface area contributed by atoms with Crippen molar-refractivity contribution >= 4 is 0 Å². The van der Waals surface area contributed by atoms with E-state index < -0.39 is 0 Å². The molecule has 3 nitrogen and oxygen atoms in total. The van der Waals surface area contributed by atoms with Gasteiger partial charge < -0.3 is 0 Å². The molecule has 0 aliphatic heterocycles. The van der Waals surface area contributed by atoms with Crippen molar-refractivity contribution in [3.8, 4) is 17.3 Å². The normalized spacial score (nSPS) is 9.60. The average Bonchev–Trinajstić information content (AvgIpc) is 2.29. The Balaban J connectivity index is 2.42. The van der Waals surface area contributed by atoms with Crippen molar-refractivity contribution in [2.24, 2.45) is 0 Å². The van der Waals surface area contributed by atoms with E-state index in [0.717, 1.165) is 17.0 Å². The maximum atomic E-state index is 8.62. The average molecular weight is 195 g/mol. The zero-order valence-electron chi connectivity index (χ0n) is 8.31. The minimum Gasteiger partial charge on any atom is -0.253 e. The Morgan fingerprint density at radius 2 is 2.07 bits per heavy atom. The minimum atomic E-state index is 0.423. The van der Waals surface area contributed by atoms with Crippen molar-refractivity contribution in [2.75, 3.05) is 0 Å². The molecule has 2 rings (SSSR count). The van der Waals surface area contributed by atoms with Crippen LogP contribution in [0.1, 0.15) is 11.4 Å². The van der Waals surface area contributed by atoms with E-state index in [9.17, 15) is 0 Å². The van der Waals surface area contributed by atoms with Crippen LogP contribution >= 0.6 is 0 Å². The number of hydrogen-bond donors (Lipinski definition) is 0. The van der Waals surface area contributed by atoms with Crippen LogP contribution in [0.4, 0.5) is 0 Å². The summed E-state index contributed by atoms with van der Waals surface area (Å²) in [5.41, 5.74) is 3.20. The maximum absolute atomic E-state index is 8.62. The summed E-state index contributed by atoms with van der Waals surface area (Å²) in [7, 11) is 0. The van der Waals surface area contributed by atoms with Crippen molar-refractivity contribution in [2.45, 2.75) is 6.92 Å². The van der Waals surface area contributed by atoms with Gasteiger partial charge >= 0.3 is 0 Å². The van der Waals surface area contributed by atoms with Gasteiger partial charge in [-0.15, -0.1) is 0 Å². The van der Waals surface area contributed by atoms with Crippen molar-refractivity contribution in [1.82, 2.24) is 9.97 Å². The summed E-state index contributed by atoms with van der Waals surface area (Å²) in [5.74, 6) is 0. The number of aromatic nitrogens is 2. The summed E-state index contributed by atoms with van der Waals surface area (Å²) in [5, 5.41) is 8.62. The van der Waals surface area contributed by atoms with Crippen LogP contribution in [0.15, 0.2) is 36.5 Å². The molecule has 0 saturated heterocycles.